The van der Waals surface area contributed by atoms with E-state index in [1.165, 1.54) is 7.05 Å². The van der Waals surface area contributed by atoms with Crippen LogP contribution in [0.15, 0.2) is 47.9 Å². The van der Waals surface area contributed by atoms with Crippen LogP contribution in [0.25, 0.3) is 43.4 Å². The Labute approximate surface area is 131 Å². The second kappa shape index (κ2) is 3.88. The molecule has 0 aliphatic heterocycles. The summed E-state index contributed by atoms with van der Waals surface area (Å²) in [6.07, 6.45) is 0. The summed E-state index contributed by atoms with van der Waals surface area (Å²) < 4.78 is 5.65. The highest BCUT2D eigenvalue weighted by Crippen LogP contribution is 2.34. The molecule has 0 spiro atoms. The van der Waals surface area contributed by atoms with Gasteiger partial charge in [0.15, 0.2) is 0 Å². The third-order valence-corrected chi connectivity index (χ3v) is 4.59. The van der Waals surface area contributed by atoms with Gasteiger partial charge in [-0.2, -0.15) is 0 Å². The number of nitrogens with zero attached hydrogens (tertiary/aromatic N) is 1. The van der Waals surface area contributed by atoms with Gasteiger partial charge in [-0.3, -0.25) is 14.2 Å². The van der Waals surface area contributed by atoms with Gasteiger partial charge in [-0.05, 0) is 6.07 Å². The molecule has 0 fully saturated rings. The van der Waals surface area contributed by atoms with Crippen LogP contribution in [0.2, 0.25) is 0 Å². The number of aromatic amines is 1. The van der Waals surface area contributed by atoms with Gasteiger partial charge in [-0.1, -0.05) is 18.2 Å². The van der Waals surface area contributed by atoms with Crippen LogP contribution in [-0.2, 0) is 7.05 Å². The number of hydrogen-bond acceptors (Lipinski definition) is 5. The maximum Gasteiger partial charge on any atom is 0.349 e. The van der Waals surface area contributed by atoms with Crippen LogP contribution < -0.4 is 22.4 Å². The molecule has 0 unspecified atom stereocenters. The van der Waals surface area contributed by atoms with Gasteiger partial charge in [-0.25, -0.2) is 9.59 Å². The fraction of sp³-hybridized carbons (Fsp3) is 0.0588. The first-order valence-corrected chi connectivity index (χ1v) is 7.20. The molecular formula is C17H8N2O5. The minimum atomic E-state index is -0.900. The van der Waals surface area contributed by atoms with E-state index in [-0.39, 0.29) is 21.5 Å². The topological polar surface area (TPSA) is 102 Å². The number of H-pyrrole nitrogens is 1. The first-order valence-electron chi connectivity index (χ1n) is 7.20. The molecular weight excluding hydrogens is 312 g/mol. The Morgan fingerprint density at radius 3 is 2.21 bits per heavy atom. The molecule has 0 saturated heterocycles. The van der Waals surface area contributed by atoms with Gasteiger partial charge in [0.2, 0.25) is 0 Å². The van der Waals surface area contributed by atoms with E-state index in [0.29, 0.717) is 21.8 Å². The van der Waals surface area contributed by atoms with Crippen LogP contribution >= 0.6 is 0 Å². The Hall–Kier alpha value is -3.48. The quantitative estimate of drug-likeness (QED) is 0.456. The highest BCUT2D eigenvalue weighted by Gasteiger charge is 2.26. The number of para-hydroxylation sites is 1. The van der Waals surface area contributed by atoms with Crippen molar-refractivity contribution in [2.24, 2.45) is 7.05 Å². The molecule has 0 bridgehead atoms. The zero-order valence-corrected chi connectivity index (χ0v) is 12.3. The van der Waals surface area contributed by atoms with Gasteiger partial charge in [0.25, 0.3) is 11.1 Å². The van der Waals surface area contributed by atoms with Crippen LogP contribution in [-0.4, -0.2) is 9.55 Å². The summed E-state index contributed by atoms with van der Waals surface area (Å²) in [4.78, 5) is 52.5. The van der Waals surface area contributed by atoms with Gasteiger partial charge < -0.3 is 9.40 Å². The molecule has 2 aromatic carbocycles. The molecule has 0 aliphatic rings. The third-order valence-electron chi connectivity index (χ3n) is 4.59. The third kappa shape index (κ3) is 1.25. The molecule has 5 rings (SSSR count). The van der Waals surface area contributed by atoms with Crippen molar-refractivity contribution >= 4 is 43.4 Å². The summed E-state index contributed by atoms with van der Waals surface area (Å²) >= 11 is 0. The molecule has 5 aromatic rings. The summed E-state index contributed by atoms with van der Waals surface area (Å²) in [6.45, 7) is 0. The van der Waals surface area contributed by atoms with Crippen molar-refractivity contribution in [2.75, 3.05) is 0 Å². The molecule has 0 saturated carbocycles. The number of nitrogens with one attached hydrogen (secondary N) is 1. The van der Waals surface area contributed by atoms with Crippen molar-refractivity contribution in [1.82, 2.24) is 9.55 Å². The van der Waals surface area contributed by atoms with E-state index in [9.17, 15) is 19.2 Å². The lowest BCUT2D eigenvalue weighted by molar-refractivity contribution is 0.500. The molecule has 7 nitrogen and oxygen atoms in total. The van der Waals surface area contributed by atoms with Crippen LogP contribution in [0.3, 0.4) is 0 Å². The zero-order chi connectivity index (χ0) is 16.7. The minimum absolute atomic E-state index is 0.0152. The maximum absolute atomic E-state index is 12.6. The van der Waals surface area contributed by atoms with Crippen molar-refractivity contribution in [2.45, 2.75) is 0 Å². The Kier molecular flexibility index (Phi) is 2.10. The normalized spacial score (nSPS) is 12.2. The monoisotopic (exact) mass is 320 g/mol. The molecule has 3 aromatic heterocycles. The summed E-state index contributed by atoms with van der Waals surface area (Å²) in [7, 11) is 1.35. The van der Waals surface area contributed by atoms with Crippen molar-refractivity contribution in [3.05, 3.63) is 65.8 Å². The number of benzene rings is 2. The summed E-state index contributed by atoms with van der Waals surface area (Å²) in [6, 6.07) is 7.19. The lowest BCUT2D eigenvalue weighted by Gasteiger charge is -1.94. The van der Waals surface area contributed by atoms with Gasteiger partial charge in [-0.15, -0.1) is 0 Å². The van der Waals surface area contributed by atoms with Gasteiger partial charge in [0, 0.05) is 23.3 Å². The van der Waals surface area contributed by atoms with Crippen molar-refractivity contribution < 1.29 is 4.42 Å². The molecule has 3 heterocycles. The van der Waals surface area contributed by atoms with Crippen molar-refractivity contribution in [1.29, 1.82) is 0 Å². The Bertz CT molecular complexity index is 1540. The zero-order valence-electron chi connectivity index (χ0n) is 12.3. The molecule has 24 heavy (non-hydrogen) atoms. The fourth-order valence-corrected chi connectivity index (χ4v) is 3.54. The lowest BCUT2D eigenvalue weighted by Crippen LogP contribution is -2.21. The highest BCUT2D eigenvalue weighted by atomic mass is 16.4. The average molecular weight is 320 g/mol. The largest absolute Gasteiger partial charge is 0.386 e. The van der Waals surface area contributed by atoms with E-state index in [4.69, 9.17) is 4.42 Å². The Balaban J connectivity index is 2.41. The lowest BCUT2D eigenvalue weighted by atomic mass is 10.0. The molecule has 0 atom stereocenters. The number of furan rings is 1. The van der Waals surface area contributed by atoms with Crippen LogP contribution in [0.1, 0.15) is 0 Å². The molecule has 7 heteroatoms. The van der Waals surface area contributed by atoms with Gasteiger partial charge in [0.05, 0.1) is 27.1 Å². The molecule has 116 valence electrons. The second-order valence-electron chi connectivity index (χ2n) is 5.77. The number of hydrogen-bond donors (Lipinski definition) is 1. The minimum Gasteiger partial charge on any atom is -0.386 e. The van der Waals surface area contributed by atoms with E-state index in [2.05, 4.69) is 4.98 Å². The van der Waals surface area contributed by atoms with Gasteiger partial charge >= 0.3 is 11.3 Å². The number of aromatic nitrogens is 2. The first kappa shape index (κ1) is 13.0. The van der Waals surface area contributed by atoms with Crippen LogP contribution in [0, 0.1) is 0 Å². The van der Waals surface area contributed by atoms with Crippen molar-refractivity contribution in [3.8, 4) is 0 Å². The maximum atomic E-state index is 12.6. The predicted molar refractivity (Wildman–Crippen MR) is 89.5 cm³/mol. The van der Waals surface area contributed by atoms with Crippen molar-refractivity contribution in [3.63, 3.8) is 0 Å². The van der Waals surface area contributed by atoms with E-state index in [1.807, 2.05) is 0 Å². The molecule has 0 radical (unpaired) electrons. The Morgan fingerprint density at radius 1 is 0.833 bits per heavy atom. The second-order valence-corrected chi connectivity index (χ2v) is 5.77. The van der Waals surface area contributed by atoms with E-state index < -0.39 is 22.4 Å². The first-order chi connectivity index (χ1) is 11.5. The van der Waals surface area contributed by atoms with E-state index in [0.717, 1.165) is 4.57 Å². The standard InChI is InChI=1S/C17H8N2O5/c1-19-14(20)9-8-6-4-2-3-5-7(6)18-13(8)12-11(10(9)15(19)21)16(22)24-17(12)23/h2-5,18H,1H3. The Morgan fingerprint density at radius 2 is 1.46 bits per heavy atom. The SMILES string of the molecule is Cn1c(=O)c2c3c(=O)oc(=O)c3c3[nH]c4ccccc4c3c2c1=O. The highest BCUT2D eigenvalue weighted by molar-refractivity contribution is 6.30. The predicted octanol–water partition coefficient (Wildman–Crippen LogP) is 0.875. The van der Waals surface area contributed by atoms with E-state index in [1.54, 1.807) is 24.3 Å². The smallest absolute Gasteiger partial charge is 0.349 e. The van der Waals surface area contributed by atoms with Gasteiger partial charge in [0.1, 0.15) is 0 Å². The number of fused-ring (bicyclic) bond motifs is 8. The molecule has 1 N–H and O–H groups in total. The average Bonchev–Trinajstić information content (AvgIpc) is 3.15. The number of rotatable bonds is 0. The molecule has 0 aliphatic carbocycles. The summed E-state index contributed by atoms with van der Waals surface area (Å²) in [5.74, 6) is 0. The van der Waals surface area contributed by atoms with E-state index >= 15 is 0 Å². The molecule has 0 amide bonds. The summed E-state index contributed by atoms with van der Waals surface area (Å²) in [5, 5.41) is 1.15. The summed E-state index contributed by atoms with van der Waals surface area (Å²) in [5.41, 5.74) is -1.78. The fourth-order valence-electron chi connectivity index (χ4n) is 3.54. The van der Waals surface area contributed by atoms with Crippen LogP contribution in [0.4, 0.5) is 0 Å². The van der Waals surface area contributed by atoms with Crippen LogP contribution in [0.5, 0.6) is 0 Å².